The number of hydrogen-bond donors (Lipinski definition) is 0. The highest BCUT2D eigenvalue weighted by atomic mass is 32.2. The summed E-state index contributed by atoms with van der Waals surface area (Å²) < 4.78 is 17.6. The summed E-state index contributed by atoms with van der Waals surface area (Å²) in [5, 5.41) is 0. The van der Waals surface area contributed by atoms with Crippen LogP contribution in [0.4, 0.5) is 5.69 Å². The maximum atomic E-state index is 13.2. The van der Waals surface area contributed by atoms with Gasteiger partial charge >= 0.3 is 5.97 Å². The molecule has 0 unspecified atom stereocenters. The molecule has 0 aliphatic heterocycles. The highest BCUT2D eigenvalue weighted by molar-refractivity contribution is 7.99. The zero-order valence-electron chi connectivity index (χ0n) is 26.8. The standard InChI is InChI=1S/C33H47NO6S/c1-13-39-28(36)18-22-16-25(31(3,4)5)29(38-12)27(17-22)40-26-15-14-24(19-23(26)20-41-33(9,10)11)34(21(2)35)30(37)32(6,7)8/h14-17,19H,13,18,20H2,1-12H3. The number of carbonyl (C=O) groups is 3. The van der Waals surface area contributed by atoms with E-state index in [2.05, 4.69) is 41.5 Å². The van der Waals surface area contributed by atoms with Gasteiger partial charge in [-0.05, 0) is 42.2 Å². The fourth-order valence-corrected chi connectivity index (χ4v) is 4.91. The van der Waals surface area contributed by atoms with Gasteiger partial charge in [0.2, 0.25) is 11.8 Å². The van der Waals surface area contributed by atoms with E-state index in [1.807, 2.05) is 18.2 Å². The molecule has 0 spiro atoms. The predicted molar refractivity (Wildman–Crippen MR) is 167 cm³/mol. The van der Waals surface area contributed by atoms with E-state index in [-0.39, 0.29) is 34.4 Å². The Labute approximate surface area is 250 Å². The van der Waals surface area contributed by atoms with Gasteiger partial charge in [0.15, 0.2) is 11.5 Å². The van der Waals surface area contributed by atoms with Crippen LogP contribution in [0.25, 0.3) is 0 Å². The van der Waals surface area contributed by atoms with E-state index in [1.165, 1.54) is 11.8 Å². The molecule has 0 aliphatic rings. The van der Waals surface area contributed by atoms with Crippen molar-refractivity contribution in [3.63, 3.8) is 0 Å². The van der Waals surface area contributed by atoms with Gasteiger partial charge in [-0.1, -0.05) is 68.4 Å². The average molecular weight is 586 g/mol. The van der Waals surface area contributed by atoms with Crippen molar-refractivity contribution >= 4 is 35.2 Å². The van der Waals surface area contributed by atoms with Gasteiger partial charge in [-0.15, -0.1) is 0 Å². The van der Waals surface area contributed by atoms with E-state index in [1.54, 1.807) is 58.7 Å². The van der Waals surface area contributed by atoms with Gasteiger partial charge in [0, 0.05) is 34.0 Å². The molecule has 7 nitrogen and oxygen atoms in total. The number of rotatable bonds is 9. The highest BCUT2D eigenvalue weighted by Crippen LogP contribution is 2.44. The lowest BCUT2D eigenvalue weighted by Crippen LogP contribution is -2.42. The molecular weight excluding hydrogens is 538 g/mol. The van der Waals surface area contributed by atoms with E-state index in [0.717, 1.165) is 16.7 Å². The Morgan fingerprint density at radius 3 is 2.02 bits per heavy atom. The summed E-state index contributed by atoms with van der Waals surface area (Å²) in [5.41, 5.74) is 1.94. The lowest BCUT2D eigenvalue weighted by atomic mass is 9.84. The minimum absolute atomic E-state index is 0.0363. The van der Waals surface area contributed by atoms with Crippen LogP contribution in [-0.4, -0.2) is 36.2 Å². The topological polar surface area (TPSA) is 82.1 Å². The summed E-state index contributed by atoms with van der Waals surface area (Å²) in [6, 6.07) is 9.13. The molecule has 2 aromatic rings. The van der Waals surface area contributed by atoms with Gasteiger partial charge < -0.3 is 14.2 Å². The number of nitrogens with zero attached hydrogens (tertiary/aromatic N) is 1. The van der Waals surface area contributed by atoms with Gasteiger partial charge in [-0.3, -0.25) is 19.3 Å². The first kappa shape index (κ1) is 34.2. The Morgan fingerprint density at radius 2 is 1.54 bits per heavy atom. The van der Waals surface area contributed by atoms with Crippen LogP contribution in [0.1, 0.15) is 92.9 Å². The van der Waals surface area contributed by atoms with E-state index in [4.69, 9.17) is 14.2 Å². The van der Waals surface area contributed by atoms with Crippen LogP contribution in [0.2, 0.25) is 0 Å². The van der Waals surface area contributed by atoms with Crippen LogP contribution in [0, 0.1) is 5.41 Å². The maximum Gasteiger partial charge on any atom is 0.310 e. The molecule has 41 heavy (non-hydrogen) atoms. The summed E-state index contributed by atoms with van der Waals surface area (Å²) in [5.74, 6) is 1.26. The van der Waals surface area contributed by atoms with Gasteiger partial charge in [0.25, 0.3) is 0 Å². The molecular formula is C33H47NO6S. The number of esters is 1. The predicted octanol–water partition coefficient (Wildman–Crippen LogP) is 7.85. The number of hydrogen-bond acceptors (Lipinski definition) is 7. The van der Waals surface area contributed by atoms with Crippen molar-refractivity contribution in [3.8, 4) is 17.2 Å². The Balaban J connectivity index is 2.71. The molecule has 0 bridgehead atoms. The van der Waals surface area contributed by atoms with Crippen molar-refractivity contribution < 1.29 is 28.6 Å². The van der Waals surface area contributed by atoms with Gasteiger partial charge in [-0.25, -0.2) is 0 Å². The Hall–Kier alpha value is -3.00. The van der Waals surface area contributed by atoms with E-state index >= 15 is 0 Å². The molecule has 0 aliphatic carbocycles. The zero-order valence-corrected chi connectivity index (χ0v) is 27.6. The molecule has 226 valence electrons. The normalized spacial score (nSPS) is 12.1. The van der Waals surface area contributed by atoms with Gasteiger partial charge in [-0.2, -0.15) is 11.8 Å². The fourth-order valence-electron chi connectivity index (χ4n) is 4.09. The second kappa shape index (κ2) is 13.3. The molecule has 0 fully saturated rings. The fraction of sp³-hybridized carbons (Fsp3) is 0.545. The zero-order chi connectivity index (χ0) is 31.3. The van der Waals surface area contributed by atoms with Crippen molar-refractivity contribution in [1.82, 2.24) is 0 Å². The first-order valence-electron chi connectivity index (χ1n) is 13.9. The number of imide groups is 1. The number of amides is 2. The largest absolute Gasteiger partial charge is 0.493 e. The molecule has 0 saturated heterocycles. The molecule has 0 aromatic heterocycles. The Morgan fingerprint density at radius 1 is 0.902 bits per heavy atom. The van der Waals surface area contributed by atoms with Crippen molar-refractivity contribution in [2.75, 3.05) is 18.6 Å². The Kier molecular flexibility index (Phi) is 11.1. The molecule has 0 heterocycles. The molecule has 8 heteroatoms. The molecule has 0 atom stereocenters. The average Bonchev–Trinajstić information content (AvgIpc) is 2.82. The van der Waals surface area contributed by atoms with Crippen LogP contribution in [0.5, 0.6) is 17.2 Å². The van der Waals surface area contributed by atoms with Crippen LogP contribution in [-0.2, 0) is 36.7 Å². The molecule has 0 saturated carbocycles. The molecule has 2 amide bonds. The molecule has 0 N–H and O–H groups in total. The third-order valence-corrected chi connectivity index (χ3v) is 7.44. The third-order valence-electron chi connectivity index (χ3n) is 6.12. The Bertz CT molecular complexity index is 1260. The second-order valence-electron chi connectivity index (χ2n) is 13.1. The van der Waals surface area contributed by atoms with Crippen molar-refractivity contribution in [2.24, 2.45) is 5.41 Å². The van der Waals surface area contributed by atoms with Crippen molar-refractivity contribution in [1.29, 1.82) is 0 Å². The quantitative estimate of drug-likeness (QED) is 0.277. The van der Waals surface area contributed by atoms with E-state index in [0.29, 0.717) is 35.3 Å². The summed E-state index contributed by atoms with van der Waals surface area (Å²) >= 11 is 1.73. The lowest BCUT2D eigenvalue weighted by Gasteiger charge is -2.28. The van der Waals surface area contributed by atoms with Crippen molar-refractivity contribution in [2.45, 2.75) is 98.5 Å². The van der Waals surface area contributed by atoms with E-state index < -0.39 is 5.41 Å². The first-order valence-corrected chi connectivity index (χ1v) is 14.9. The number of carbonyl (C=O) groups excluding carboxylic acids is 3. The van der Waals surface area contributed by atoms with Crippen LogP contribution >= 0.6 is 11.8 Å². The van der Waals surface area contributed by atoms with Crippen molar-refractivity contribution in [3.05, 3.63) is 47.0 Å². The smallest absolute Gasteiger partial charge is 0.310 e. The second-order valence-corrected chi connectivity index (χ2v) is 14.9. The van der Waals surface area contributed by atoms with Gasteiger partial charge in [0.1, 0.15) is 5.75 Å². The van der Waals surface area contributed by atoms with Gasteiger partial charge in [0.05, 0.1) is 25.8 Å². The first-order chi connectivity index (χ1) is 18.8. The minimum Gasteiger partial charge on any atom is -0.493 e. The lowest BCUT2D eigenvalue weighted by molar-refractivity contribution is -0.142. The highest BCUT2D eigenvalue weighted by Gasteiger charge is 2.32. The number of methoxy groups -OCH3 is 1. The SMILES string of the molecule is CCOC(=O)Cc1cc(Oc2ccc(N(C(C)=O)C(=O)C(C)(C)C)cc2CSC(C)(C)C)c(OC)c(C(C)(C)C)c1. The summed E-state index contributed by atoms with van der Waals surface area (Å²) in [7, 11) is 1.60. The number of thioether (sulfide) groups is 1. The maximum absolute atomic E-state index is 13.2. The van der Waals surface area contributed by atoms with E-state index in [9.17, 15) is 14.4 Å². The molecule has 0 radical (unpaired) electrons. The molecule has 2 aromatic carbocycles. The van der Waals surface area contributed by atoms with Crippen LogP contribution in [0.3, 0.4) is 0 Å². The van der Waals surface area contributed by atoms with Crippen LogP contribution in [0.15, 0.2) is 30.3 Å². The number of benzene rings is 2. The third kappa shape index (κ3) is 9.52. The molecule has 2 rings (SSSR count). The minimum atomic E-state index is -0.739. The summed E-state index contributed by atoms with van der Waals surface area (Å²) in [6.45, 7) is 21.5. The summed E-state index contributed by atoms with van der Waals surface area (Å²) in [4.78, 5) is 39.4. The monoisotopic (exact) mass is 585 g/mol. The summed E-state index contributed by atoms with van der Waals surface area (Å²) in [6.07, 6.45) is 0.103. The van der Waals surface area contributed by atoms with Crippen LogP contribution < -0.4 is 14.4 Å². The number of ether oxygens (including phenoxy) is 3. The number of anilines is 1.